The third kappa shape index (κ3) is 11.9. The zero-order valence-electron chi connectivity index (χ0n) is 18.1. The van der Waals surface area contributed by atoms with Gasteiger partial charge in [0.1, 0.15) is 13.1 Å². The van der Waals surface area contributed by atoms with E-state index < -0.39 is 0 Å². The number of quaternary nitrogens is 1. The van der Waals surface area contributed by atoms with Gasteiger partial charge in [-0.1, -0.05) is 71.8 Å². The van der Waals surface area contributed by atoms with Gasteiger partial charge < -0.3 is 12.4 Å². The summed E-state index contributed by atoms with van der Waals surface area (Å²) in [6, 6.07) is 0. The molecule has 0 saturated carbocycles. The van der Waals surface area contributed by atoms with Crippen molar-refractivity contribution in [2.75, 3.05) is 27.2 Å². The molecule has 1 unspecified atom stereocenters. The minimum atomic E-state index is -0.0470. The topological polar surface area (TPSA) is 32.3 Å². The number of amides is 1. The lowest BCUT2D eigenvalue weighted by Gasteiger charge is -2.41. The minimum absolute atomic E-state index is 0. The molecule has 0 aromatic rings. The Bertz CT molecular complexity index is 374. The van der Waals surface area contributed by atoms with Crippen molar-refractivity contribution in [3.8, 4) is 0 Å². The van der Waals surface area contributed by atoms with Crippen molar-refractivity contribution in [1.82, 2.24) is 10.4 Å². The first kappa shape index (κ1) is 27.6. The van der Waals surface area contributed by atoms with E-state index in [9.17, 15) is 4.79 Å². The van der Waals surface area contributed by atoms with E-state index in [0.717, 1.165) is 25.9 Å². The van der Waals surface area contributed by atoms with Gasteiger partial charge in [-0.2, -0.15) is 5.43 Å². The molecule has 0 aliphatic carbocycles. The summed E-state index contributed by atoms with van der Waals surface area (Å²) in [5, 5.41) is 2.12. The van der Waals surface area contributed by atoms with Crippen LogP contribution in [-0.4, -0.2) is 42.8 Å². The van der Waals surface area contributed by atoms with Crippen LogP contribution in [0.1, 0.15) is 91.4 Å². The van der Waals surface area contributed by atoms with Crippen LogP contribution >= 0.6 is 0 Å². The first-order valence-corrected chi connectivity index (χ1v) is 10.4. The average molecular weight is 390 g/mol. The van der Waals surface area contributed by atoms with Crippen LogP contribution in [0.15, 0.2) is 12.2 Å². The molecule has 0 heterocycles. The van der Waals surface area contributed by atoms with Gasteiger partial charge in [0.05, 0.1) is 0 Å². The molecule has 0 spiro atoms. The molecule has 0 aliphatic rings. The quantitative estimate of drug-likeness (QED) is 0.190. The molecule has 1 N–H and O–H groups in total. The molecule has 0 radical (unpaired) electrons. The van der Waals surface area contributed by atoms with Gasteiger partial charge in [0.25, 0.3) is 5.91 Å². The highest BCUT2D eigenvalue weighted by Crippen LogP contribution is 2.14. The van der Waals surface area contributed by atoms with E-state index in [1.165, 1.54) is 57.8 Å². The highest BCUT2D eigenvalue weighted by Gasteiger charge is 2.32. The van der Waals surface area contributed by atoms with Gasteiger partial charge >= 0.3 is 0 Å². The van der Waals surface area contributed by atoms with Crippen LogP contribution in [0, 0.1) is 0 Å². The molecule has 0 saturated heterocycles. The van der Waals surface area contributed by atoms with E-state index in [0.29, 0.717) is 10.3 Å². The highest BCUT2D eigenvalue weighted by atomic mass is 35.5. The van der Waals surface area contributed by atoms with Crippen LogP contribution in [0.3, 0.4) is 0 Å². The maximum Gasteiger partial charge on any atom is 0.292 e. The van der Waals surface area contributed by atoms with Crippen LogP contribution < -0.4 is 17.8 Å². The third-order valence-electron chi connectivity index (χ3n) is 4.94. The summed E-state index contributed by atoms with van der Waals surface area (Å²) in [5.74, 6) is -0.0470. The number of nitrogens with zero attached hydrogens (tertiary/aromatic N) is 2. The van der Waals surface area contributed by atoms with Crippen molar-refractivity contribution >= 4 is 5.91 Å². The predicted octanol–water partition coefficient (Wildman–Crippen LogP) is 2.22. The molecule has 4 nitrogen and oxygen atoms in total. The molecule has 0 rings (SSSR count). The van der Waals surface area contributed by atoms with E-state index in [4.69, 9.17) is 0 Å². The summed E-state index contributed by atoms with van der Waals surface area (Å²) in [7, 11) is 4.09. The van der Waals surface area contributed by atoms with Crippen LogP contribution in [0.2, 0.25) is 0 Å². The van der Waals surface area contributed by atoms with Crippen molar-refractivity contribution in [3.05, 3.63) is 12.2 Å². The molecule has 0 aromatic heterocycles. The maximum absolute atomic E-state index is 12.2. The summed E-state index contributed by atoms with van der Waals surface area (Å²) >= 11 is 0. The van der Waals surface area contributed by atoms with Crippen molar-refractivity contribution in [2.24, 2.45) is 0 Å². The second-order valence-electron chi connectivity index (χ2n) is 7.62. The Morgan fingerprint density at radius 3 is 1.69 bits per heavy atom. The Labute approximate surface area is 169 Å². The lowest BCUT2D eigenvalue weighted by Crippen LogP contribution is -3.00. The lowest BCUT2D eigenvalue weighted by atomic mass is 10.1. The van der Waals surface area contributed by atoms with E-state index >= 15 is 0 Å². The lowest BCUT2D eigenvalue weighted by molar-refractivity contribution is -1.06. The first-order valence-electron chi connectivity index (χ1n) is 10.4. The molecular weight excluding hydrogens is 346 g/mol. The fourth-order valence-corrected chi connectivity index (χ4v) is 3.24. The molecule has 0 bridgehead atoms. The maximum atomic E-state index is 12.2. The highest BCUT2D eigenvalue weighted by molar-refractivity contribution is 5.91. The Hall–Kier alpha value is -0.580. The number of halogens is 1. The third-order valence-corrected chi connectivity index (χ3v) is 4.94. The monoisotopic (exact) mass is 389 g/mol. The summed E-state index contributed by atoms with van der Waals surface area (Å²) < 4.78 is 0.527. The number of hydrogen-bond acceptors (Lipinski definition) is 2. The molecular formula is C21H44ClN3O. The van der Waals surface area contributed by atoms with Crippen LogP contribution in [-0.2, 0) is 4.79 Å². The number of carbonyl (C=O) groups is 1. The zero-order chi connectivity index (χ0) is 19.1. The van der Waals surface area contributed by atoms with E-state index in [-0.39, 0.29) is 18.3 Å². The van der Waals surface area contributed by atoms with Gasteiger partial charge in [-0.3, -0.25) is 4.79 Å². The summed E-state index contributed by atoms with van der Waals surface area (Å²) in [5.41, 5.74) is 3.76. The van der Waals surface area contributed by atoms with Gasteiger partial charge in [0, 0.05) is 26.1 Å². The summed E-state index contributed by atoms with van der Waals surface area (Å²) in [6.45, 7) is 11.9. The summed E-state index contributed by atoms with van der Waals surface area (Å²) in [4.78, 5) is 12.2. The normalized spacial score (nSPS) is 13.2. The molecule has 156 valence electrons. The minimum Gasteiger partial charge on any atom is -1.00 e. The Balaban J connectivity index is 0. The van der Waals surface area contributed by atoms with Gasteiger partial charge in [-0.25, -0.2) is 0 Å². The number of hydrogen-bond donors (Lipinski definition) is 1. The standard InChI is InChI=1S/C21H43N3O.ClH/c1-7-9-10-11-12-13-14-15-16-17-19-24(18-8-2,23(5)6)22-21(25)20(3)4;/h3,7-19H2,1-2,4-6H3;1H. The van der Waals surface area contributed by atoms with Gasteiger partial charge in [0.15, 0.2) is 0 Å². The first-order chi connectivity index (χ1) is 11.9. The van der Waals surface area contributed by atoms with Gasteiger partial charge in [0.2, 0.25) is 0 Å². The van der Waals surface area contributed by atoms with Crippen molar-refractivity contribution < 1.29 is 21.9 Å². The smallest absolute Gasteiger partial charge is 0.292 e. The number of rotatable bonds is 16. The van der Waals surface area contributed by atoms with E-state index in [1.54, 1.807) is 6.92 Å². The molecule has 1 atom stereocenters. The summed E-state index contributed by atoms with van der Waals surface area (Å²) in [6.07, 6.45) is 14.4. The van der Waals surface area contributed by atoms with Gasteiger partial charge in [-0.05, 0) is 19.8 Å². The second-order valence-corrected chi connectivity index (χ2v) is 7.62. The SMILES string of the molecule is C=C(C)C(=O)N[N+](CCC)(CCCCCCCCCCCC)N(C)C.[Cl-]. The molecule has 0 fully saturated rings. The van der Waals surface area contributed by atoms with E-state index in [2.05, 4.69) is 30.9 Å². The Kier molecular flexibility index (Phi) is 17.6. The van der Waals surface area contributed by atoms with E-state index in [1.807, 2.05) is 14.1 Å². The van der Waals surface area contributed by atoms with Crippen molar-refractivity contribution in [2.45, 2.75) is 91.4 Å². The fraction of sp³-hybridized carbons (Fsp3) is 0.857. The van der Waals surface area contributed by atoms with Crippen LogP contribution in [0.4, 0.5) is 0 Å². The fourth-order valence-electron chi connectivity index (χ4n) is 3.24. The molecule has 0 aromatic carbocycles. The second kappa shape index (κ2) is 16.6. The zero-order valence-corrected chi connectivity index (χ0v) is 18.8. The molecule has 0 aliphatic heterocycles. The number of carbonyl (C=O) groups excluding carboxylic acids is 1. The largest absolute Gasteiger partial charge is 1.00 e. The van der Waals surface area contributed by atoms with Crippen molar-refractivity contribution in [1.29, 1.82) is 0 Å². The Morgan fingerprint density at radius 2 is 1.31 bits per heavy atom. The average Bonchev–Trinajstić information content (AvgIpc) is 2.56. The Morgan fingerprint density at radius 1 is 0.846 bits per heavy atom. The molecule has 1 amide bonds. The van der Waals surface area contributed by atoms with Crippen LogP contribution in [0.25, 0.3) is 0 Å². The van der Waals surface area contributed by atoms with Crippen molar-refractivity contribution in [3.63, 3.8) is 0 Å². The number of unbranched alkanes of at least 4 members (excludes halogenated alkanes) is 9. The molecule has 26 heavy (non-hydrogen) atoms. The number of nitrogens with one attached hydrogen (secondary N) is 1. The molecule has 5 heteroatoms. The predicted molar refractivity (Wildman–Crippen MR) is 109 cm³/mol. The van der Waals surface area contributed by atoms with Crippen LogP contribution in [0.5, 0.6) is 0 Å². The van der Waals surface area contributed by atoms with Gasteiger partial charge in [-0.15, -0.1) is 9.71 Å².